The van der Waals surface area contributed by atoms with Gasteiger partial charge in [-0.05, 0) is 218 Å². The zero-order chi connectivity index (χ0) is 50.1. The Morgan fingerprint density at radius 1 is 0.696 bits per heavy atom. The summed E-state index contributed by atoms with van der Waals surface area (Å²) < 4.78 is 28.1. The quantitative estimate of drug-likeness (QED) is 0.271. The van der Waals surface area contributed by atoms with Crippen LogP contribution in [0.2, 0.25) is 0 Å². The van der Waals surface area contributed by atoms with Crippen molar-refractivity contribution in [2.24, 2.45) is 104 Å². The summed E-state index contributed by atoms with van der Waals surface area (Å²) in [7, 11) is -3.38. The molecule has 6 fully saturated rings. The fraction of sp³-hybridized carbons (Fsp3) is 0.766. The molecule has 0 amide bonds. The fourth-order valence-corrected chi connectivity index (χ4v) is 20.6. The molecule has 3 nitrogen and oxygen atoms in total. The van der Waals surface area contributed by atoms with Crippen molar-refractivity contribution in [2.75, 3.05) is 5.75 Å². The molecule has 1 aromatic carbocycles. The number of sulfone groups is 1. The van der Waals surface area contributed by atoms with Gasteiger partial charge in [-0.25, -0.2) is 13.4 Å². The second kappa shape index (κ2) is 19.7. The second-order valence-electron chi connectivity index (χ2n) is 28.5. The molecule has 6 saturated carbocycles. The Bertz CT molecular complexity index is 2320. The number of aromatic nitrogens is 1. The SMILES string of the molecule is C=CC(C)(C)C.C[C@H]1CC[C@@]2(C)C(=CC[C@H]3[C@@H]4CC[C@H]([C@H](C)/C=C/C(C)(C)C)[C@@]4(C)CC[C@@H]32)C1.C[C@H]1CC[C@@]2(C)C(=CC[C@H]3[C@@H]4CC[C@H]([C@H](C)CS(=O)(=O)c5nc6ccccc6s5)[C@@]4(C)CC[C@@H]32)C1. The summed E-state index contributed by atoms with van der Waals surface area (Å²) in [5.74, 6) is 9.51. The molecule has 69 heavy (non-hydrogen) atoms. The van der Waals surface area contributed by atoms with Gasteiger partial charge >= 0.3 is 0 Å². The van der Waals surface area contributed by atoms with Crippen LogP contribution < -0.4 is 0 Å². The third-order valence-corrected chi connectivity index (χ3v) is 25.1. The van der Waals surface area contributed by atoms with E-state index in [1.54, 1.807) is 5.57 Å². The monoisotopic (exact) mass is 978 g/mol. The van der Waals surface area contributed by atoms with Crippen molar-refractivity contribution in [1.29, 1.82) is 0 Å². The number of benzene rings is 1. The van der Waals surface area contributed by atoms with Gasteiger partial charge in [0.15, 0.2) is 0 Å². The maximum atomic E-state index is 13.4. The maximum absolute atomic E-state index is 13.4. The van der Waals surface area contributed by atoms with Gasteiger partial charge in [0, 0.05) is 0 Å². The van der Waals surface area contributed by atoms with E-state index in [4.69, 9.17) is 0 Å². The molecule has 16 atom stereocenters. The van der Waals surface area contributed by atoms with E-state index in [2.05, 4.69) is 133 Å². The number of nitrogens with zero attached hydrogens (tertiary/aromatic N) is 1. The molecule has 1 heterocycles. The predicted molar refractivity (Wildman–Crippen MR) is 297 cm³/mol. The minimum atomic E-state index is -3.38. The molecule has 2 aromatic rings. The number of hydrogen-bond acceptors (Lipinski definition) is 4. The topological polar surface area (TPSA) is 47.0 Å². The minimum Gasteiger partial charge on any atom is -0.225 e. The molecule has 8 aliphatic rings. The first-order chi connectivity index (χ1) is 32.2. The van der Waals surface area contributed by atoms with Gasteiger partial charge in [0.1, 0.15) is 0 Å². The Labute approximate surface area is 428 Å². The summed E-state index contributed by atoms with van der Waals surface area (Å²) in [6, 6.07) is 7.75. The standard InChI is InChI=1S/C30H41NO2S2.C28H46.C6H12/c1-19-13-15-29(3)21(17-19)9-10-22-24-12-11-23(30(24,4)16-14-25(22)29)20(2)18-35(32,33)28-31-26-7-5-6-8-27(26)34-28;1-19-12-16-27(6)21(18-19)8-9-22-24-11-10-23(20(2)13-15-26(3,4)5)28(24,7)17-14-25(22)27;1-5-6(2,3)4/h5-9,19-20,22-25H,10-18H2,1-4H3;8,13,15,19-20,22-25H,9-12,14,16-18H2,1-7H3;5H,1H2,2-4H3/b;15-13+;/t19-,20+,22-,23+,24-,25-,29-,30+;19-,20+,22-,23+,24-,25-,27-,28+;/m00./s1. The van der Waals surface area contributed by atoms with Crippen molar-refractivity contribution in [3.8, 4) is 0 Å². The van der Waals surface area contributed by atoms with E-state index in [-0.39, 0.29) is 17.1 Å². The average molecular weight is 979 g/mol. The van der Waals surface area contributed by atoms with E-state index in [1.807, 2.05) is 35.9 Å². The molecular weight excluding hydrogens is 879 g/mol. The summed E-state index contributed by atoms with van der Waals surface area (Å²) in [6.45, 7) is 37.1. The van der Waals surface area contributed by atoms with Gasteiger partial charge in [-0.15, -0.1) is 17.9 Å². The van der Waals surface area contributed by atoms with Crippen molar-refractivity contribution < 1.29 is 8.42 Å². The molecule has 1 aromatic heterocycles. The Balaban J connectivity index is 0.000000170. The first-order valence-corrected chi connectivity index (χ1v) is 31.0. The van der Waals surface area contributed by atoms with Crippen LogP contribution in [0.1, 0.15) is 200 Å². The lowest BCUT2D eigenvalue weighted by Gasteiger charge is -2.58. The van der Waals surface area contributed by atoms with Crippen LogP contribution in [0.3, 0.4) is 0 Å². The number of para-hydroxylation sites is 1. The lowest BCUT2D eigenvalue weighted by atomic mass is 9.46. The van der Waals surface area contributed by atoms with Crippen LogP contribution in [0, 0.1) is 104 Å². The minimum absolute atomic E-state index is 0.166. The predicted octanol–water partition coefficient (Wildman–Crippen LogP) is 18.6. The molecule has 0 spiro atoms. The van der Waals surface area contributed by atoms with E-state index >= 15 is 0 Å². The number of hydrogen-bond donors (Lipinski definition) is 0. The number of allylic oxidation sites excluding steroid dienone is 7. The van der Waals surface area contributed by atoms with E-state index in [9.17, 15) is 8.42 Å². The van der Waals surface area contributed by atoms with Crippen LogP contribution in [0.4, 0.5) is 0 Å². The molecule has 5 heteroatoms. The van der Waals surface area contributed by atoms with Crippen LogP contribution in [0.25, 0.3) is 10.2 Å². The zero-order valence-corrected chi connectivity index (χ0v) is 48.1. The van der Waals surface area contributed by atoms with Crippen molar-refractivity contribution >= 4 is 31.4 Å². The molecule has 8 aliphatic carbocycles. The number of fused-ring (bicyclic) bond motifs is 11. The fourth-order valence-electron chi connectivity index (χ4n) is 17.7. The van der Waals surface area contributed by atoms with Crippen molar-refractivity contribution in [3.05, 3.63) is 72.4 Å². The highest BCUT2D eigenvalue weighted by Crippen LogP contribution is 2.69. The van der Waals surface area contributed by atoms with E-state index in [0.29, 0.717) is 37.3 Å². The molecule has 0 radical (unpaired) electrons. The zero-order valence-electron chi connectivity index (χ0n) is 46.4. The highest BCUT2D eigenvalue weighted by molar-refractivity contribution is 7.93. The van der Waals surface area contributed by atoms with Crippen LogP contribution in [0.15, 0.2) is 76.7 Å². The van der Waals surface area contributed by atoms with Crippen LogP contribution in [-0.4, -0.2) is 19.2 Å². The molecular formula is C64H99NO2S2. The molecule has 384 valence electrons. The summed E-state index contributed by atoms with van der Waals surface area (Å²) in [5.41, 5.74) is 6.83. The molecule has 0 bridgehead atoms. The van der Waals surface area contributed by atoms with Crippen molar-refractivity contribution in [3.63, 3.8) is 0 Å². The smallest absolute Gasteiger partial charge is 0.210 e. The van der Waals surface area contributed by atoms with Gasteiger partial charge in [0.2, 0.25) is 14.2 Å². The van der Waals surface area contributed by atoms with Gasteiger partial charge in [-0.1, -0.05) is 151 Å². The second-order valence-corrected chi connectivity index (χ2v) is 31.8. The largest absolute Gasteiger partial charge is 0.225 e. The molecule has 0 N–H and O–H groups in total. The normalized spacial score (nSPS) is 40.4. The summed E-state index contributed by atoms with van der Waals surface area (Å²) in [5, 5.41) is 0. The Kier molecular flexibility index (Phi) is 15.2. The van der Waals surface area contributed by atoms with Gasteiger partial charge in [-0.2, -0.15) is 0 Å². The molecule has 10 rings (SSSR count). The lowest BCUT2D eigenvalue weighted by Crippen LogP contribution is -2.50. The summed E-state index contributed by atoms with van der Waals surface area (Å²) >= 11 is 1.33. The maximum Gasteiger partial charge on any atom is 0.210 e. The third kappa shape index (κ3) is 10.4. The highest BCUT2D eigenvalue weighted by Gasteiger charge is 2.61. The lowest BCUT2D eigenvalue weighted by molar-refractivity contribution is -0.0501. The highest BCUT2D eigenvalue weighted by atomic mass is 32.2. The summed E-state index contributed by atoms with van der Waals surface area (Å²) in [4.78, 5) is 4.49. The first-order valence-electron chi connectivity index (χ1n) is 28.5. The van der Waals surface area contributed by atoms with E-state index in [0.717, 1.165) is 69.4 Å². The number of thiazole rings is 1. The first kappa shape index (κ1) is 53.3. The summed E-state index contributed by atoms with van der Waals surface area (Å²) in [6.07, 6.45) is 34.4. The molecule has 0 unspecified atom stereocenters. The van der Waals surface area contributed by atoms with Crippen LogP contribution in [0.5, 0.6) is 0 Å². The average Bonchev–Trinajstić information content (AvgIpc) is 3.99. The van der Waals surface area contributed by atoms with E-state index < -0.39 is 9.84 Å². The Hall–Kier alpha value is -1.98. The van der Waals surface area contributed by atoms with Gasteiger partial charge in [0.05, 0.1) is 16.0 Å². The number of rotatable bonds is 6. The van der Waals surface area contributed by atoms with Gasteiger partial charge in [-0.3, -0.25) is 0 Å². The van der Waals surface area contributed by atoms with Crippen LogP contribution in [-0.2, 0) is 9.84 Å². The molecule has 0 saturated heterocycles. The van der Waals surface area contributed by atoms with Crippen LogP contribution >= 0.6 is 11.3 Å². The van der Waals surface area contributed by atoms with Crippen molar-refractivity contribution in [1.82, 2.24) is 4.98 Å². The Morgan fingerprint density at radius 2 is 1.19 bits per heavy atom. The van der Waals surface area contributed by atoms with Gasteiger partial charge < -0.3 is 0 Å². The van der Waals surface area contributed by atoms with E-state index in [1.165, 1.54) is 114 Å². The Morgan fingerprint density at radius 3 is 1.68 bits per heavy atom. The van der Waals surface area contributed by atoms with Crippen molar-refractivity contribution in [2.45, 2.75) is 204 Å². The molecule has 0 aliphatic heterocycles. The third-order valence-electron chi connectivity index (χ3n) is 21.7. The van der Waals surface area contributed by atoms with Gasteiger partial charge in [0.25, 0.3) is 0 Å².